The lowest BCUT2D eigenvalue weighted by Gasteiger charge is -2.12. The summed E-state index contributed by atoms with van der Waals surface area (Å²) in [5.41, 5.74) is 0.496. The highest BCUT2D eigenvalue weighted by Crippen LogP contribution is 2.17. The summed E-state index contributed by atoms with van der Waals surface area (Å²) in [6, 6.07) is 7.18. The second-order valence-corrected chi connectivity index (χ2v) is 6.97. The molecule has 1 rings (SSSR count). The topological polar surface area (TPSA) is 26.3 Å². The SMILES string of the molecule is CC#CC#CC#CC#CC#CC#CC#CC#CC#COc1ccc(/C=C/C(=O)C(C)(C)C)cc1. The second kappa shape index (κ2) is 16.2. The van der Waals surface area contributed by atoms with Crippen LogP contribution in [0.15, 0.2) is 30.3 Å². The predicted molar refractivity (Wildman–Crippen MR) is 136 cm³/mol. The number of carbonyl (C=O) groups is 1. The molecule has 0 atom stereocenters. The van der Waals surface area contributed by atoms with Gasteiger partial charge >= 0.3 is 0 Å². The Labute approximate surface area is 202 Å². The lowest BCUT2D eigenvalue weighted by atomic mass is 9.90. The summed E-state index contributed by atoms with van der Waals surface area (Å²) in [5, 5.41) is 0. The number of carbonyl (C=O) groups excluding carboxylic acids is 1. The third kappa shape index (κ3) is 13.6. The van der Waals surface area contributed by atoms with E-state index in [2.05, 4.69) is 107 Å². The number of hydrogen-bond acceptors (Lipinski definition) is 2. The highest BCUT2D eigenvalue weighted by atomic mass is 16.5. The van der Waals surface area contributed by atoms with E-state index in [0.29, 0.717) is 5.75 Å². The smallest absolute Gasteiger partial charge is 0.161 e. The molecular formula is C32H18O2. The van der Waals surface area contributed by atoms with Gasteiger partial charge in [-0.15, -0.1) is 0 Å². The molecular weight excluding hydrogens is 416 g/mol. The van der Waals surface area contributed by atoms with Crippen LogP contribution in [0.2, 0.25) is 0 Å². The fourth-order valence-electron chi connectivity index (χ4n) is 1.68. The van der Waals surface area contributed by atoms with E-state index in [1.54, 1.807) is 31.2 Å². The Morgan fingerprint density at radius 3 is 1.50 bits per heavy atom. The Morgan fingerprint density at radius 2 is 1.09 bits per heavy atom. The second-order valence-electron chi connectivity index (χ2n) is 6.97. The number of ether oxygens (including phenoxy) is 1. The van der Waals surface area contributed by atoms with Gasteiger partial charge in [0, 0.05) is 52.8 Å². The van der Waals surface area contributed by atoms with E-state index in [4.69, 9.17) is 4.74 Å². The standard InChI is InChI=1S/C32H18O2/c1-5-6-7-8-9-10-11-12-13-14-15-16-17-18-19-20-21-28-34-30-25-22-29(23-26-30)24-27-31(33)32(2,3)4/h22-27H,1-4H3/b27-24+. The van der Waals surface area contributed by atoms with Gasteiger partial charge in [0.1, 0.15) is 11.9 Å². The molecule has 0 aliphatic carbocycles. The van der Waals surface area contributed by atoms with Crippen molar-refractivity contribution < 1.29 is 9.53 Å². The van der Waals surface area contributed by atoms with Crippen molar-refractivity contribution >= 4 is 11.9 Å². The minimum absolute atomic E-state index is 0.0652. The molecule has 0 aliphatic rings. The number of benzene rings is 1. The van der Waals surface area contributed by atoms with Gasteiger partial charge in [0.2, 0.25) is 0 Å². The van der Waals surface area contributed by atoms with Gasteiger partial charge in [0.15, 0.2) is 5.78 Å². The van der Waals surface area contributed by atoms with Gasteiger partial charge in [-0.1, -0.05) is 44.9 Å². The van der Waals surface area contributed by atoms with E-state index in [1.807, 2.05) is 32.9 Å². The van der Waals surface area contributed by atoms with Crippen LogP contribution in [0.3, 0.4) is 0 Å². The van der Waals surface area contributed by atoms with Gasteiger partial charge in [-0.05, 0) is 78.1 Å². The molecule has 2 heteroatoms. The van der Waals surface area contributed by atoms with Crippen molar-refractivity contribution in [3.05, 3.63) is 35.9 Å². The van der Waals surface area contributed by atoms with Crippen molar-refractivity contribution in [2.75, 3.05) is 0 Å². The zero-order valence-electron chi connectivity index (χ0n) is 19.3. The van der Waals surface area contributed by atoms with Crippen molar-refractivity contribution in [2.45, 2.75) is 27.7 Å². The van der Waals surface area contributed by atoms with E-state index in [1.165, 1.54) is 0 Å². The number of ketones is 1. The molecule has 0 spiro atoms. The zero-order valence-corrected chi connectivity index (χ0v) is 19.3. The molecule has 0 aromatic heterocycles. The molecule has 0 saturated heterocycles. The van der Waals surface area contributed by atoms with Crippen LogP contribution in [0.1, 0.15) is 33.3 Å². The quantitative estimate of drug-likeness (QED) is 0.536. The fourth-order valence-corrected chi connectivity index (χ4v) is 1.68. The van der Waals surface area contributed by atoms with Crippen LogP contribution >= 0.6 is 0 Å². The summed E-state index contributed by atoms with van der Waals surface area (Å²) in [6.45, 7) is 7.34. The van der Waals surface area contributed by atoms with Gasteiger partial charge < -0.3 is 4.74 Å². The Kier molecular flexibility index (Phi) is 12.6. The van der Waals surface area contributed by atoms with Gasteiger partial charge in [0.05, 0.1) is 0 Å². The van der Waals surface area contributed by atoms with Crippen molar-refractivity contribution in [2.24, 2.45) is 5.41 Å². The summed E-state index contributed by atoms with van der Waals surface area (Å²) in [4.78, 5) is 11.9. The molecule has 0 N–H and O–H groups in total. The van der Waals surface area contributed by atoms with Crippen molar-refractivity contribution in [3.8, 4) is 113 Å². The third-order valence-electron chi connectivity index (χ3n) is 3.33. The van der Waals surface area contributed by atoms with Crippen LogP contribution in [-0.2, 0) is 4.79 Å². The van der Waals surface area contributed by atoms with Crippen molar-refractivity contribution in [1.82, 2.24) is 0 Å². The molecule has 0 fully saturated rings. The van der Waals surface area contributed by atoms with Crippen LogP contribution in [-0.4, -0.2) is 5.78 Å². The van der Waals surface area contributed by atoms with Crippen LogP contribution in [0.4, 0.5) is 0 Å². The molecule has 0 amide bonds. The first-order valence-electron chi connectivity index (χ1n) is 9.84. The summed E-state index contributed by atoms with van der Waals surface area (Å²) in [7, 11) is 0. The Hall–Kier alpha value is -5.53. The summed E-state index contributed by atoms with van der Waals surface area (Å²) < 4.78 is 5.28. The van der Waals surface area contributed by atoms with Crippen LogP contribution in [0.25, 0.3) is 6.08 Å². The summed E-state index contributed by atoms with van der Waals surface area (Å²) in [6.07, 6.45) is 5.83. The minimum atomic E-state index is -0.396. The van der Waals surface area contributed by atoms with E-state index in [-0.39, 0.29) is 5.78 Å². The van der Waals surface area contributed by atoms with Crippen LogP contribution < -0.4 is 4.74 Å². The maximum Gasteiger partial charge on any atom is 0.161 e. The van der Waals surface area contributed by atoms with Crippen LogP contribution in [0.5, 0.6) is 5.75 Å². The van der Waals surface area contributed by atoms with Gasteiger partial charge in [0.25, 0.3) is 0 Å². The van der Waals surface area contributed by atoms with Crippen molar-refractivity contribution in [1.29, 1.82) is 0 Å². The van der Waals surface area contributed by atoms with E-state index >= 15 is 0 Å². The van der Waals surface area contributed by atoms with E-state index in [0.717, 1.165) is 5.56 Å². The number of allylic oxidation sites excluding steroid dienone is 1. The van der Waals surface area contributed by atoms with Gasteiger partial charge in [-0.2, -0.15) is 0 Å². The Bertz CT molecular complexity index is 1500. The molecule has 0 radical (unpaired) electrons. The average molecular weight is 434 g/mol. The first-order valence-corrected chi connectivity index (χ1v) is 9.84. The molecule has 1 aromatic rings. The molecule has 34 heavy (non-hydrogen) atoms. The number of rotatable bonds is 3. The first-order chi connectivity index (χ1) is 16.4. The van der Waals surface area contributed by atoms with E-state index < -0.39 is 5.41 Å². The minimum Gasteiger partial charge on any atom is -0.407 e. The molecule has 0 saturated carbocycles. The maximum absolute atomic E-state index is 11.9. The molecule has 0 bridgehead atoms. The highest BCUT2D eigenvalue weighted by Gasteiger charge is 2.17. The lowest BCUT2D eigenvalue weighted by molar-refractivity contribution is -0.121. The average Bonchev–Trinajstić information content (AvgIpc) is 2.82. The Balaban J connectivity index is 2.49. The maximum atomic E-state index is 11.9. The van der Waals surface area contributed by atoms with Gasteiger partial charge in [-0.25, -0.2) is 0 Å². The molecule has 2 nitrogen and oxygen atoms in total. The van der Waals surface area contributed by atoms with Gasteiger partial charge in [-0.3, -0.25) is 4.79 Å². The normalized spacial score (nSPS) is 7.65. The third-order valence-corrected chi connectivity index (χ3v) is 3.33. The summed E-state index contributed by atoms with van der Waals surface area (Å²) >= 11 is 0. The van der Waals surface area contributed by atoms with Crippen LogP contribution in [0, 0.1) is 112 Å². The Morgan fingerprint density at radius 1 is 0.676 bits per heavy atom. The molecule has 158 valence electrons. The lowest BCUT2D eigenvalue weighted by Crippen LogP contribution is -2.17. The largest absolute Gasteiger partial charge is 0.407 e. The summed E-state index contributed by atoms with van der Waals surface area (Å²) in [5.74, 6) is 43.7. The first kappa shape index (κ1) is 26.5. The molecule has 0 unspecified atom stereocenters. The van der Waals surface area contributed by atoms with E-state index in [9.17, 15) is 4.79 Å². The highest BCUT2D eigenvalue weighted by molar-refractivity contribution is 5.97. The van der Waals surface area contributed by atoms with Crippen molar-refractivity contribution in [3.63, 3.8) is 0 Å². The number of hydrogen-bond donors (Lipinski definition) is 0. The fraction of sp³-hybridized carbons (Fsp3) is 0.156. The monoisotopic (exact) mass is 434 g/mol. The molecule has 0 aliphatic heterocycles. The molecule has 1 aromatic carbocycles. The predicted octanol–water partition coefficient (Wildman–Crippen LogP) is 3.70. The molecule has 0 heterocycles. The zero-order chi connectivity index (χ0) is 24.9.